The Labute approximate surface area is 154 Å². The van der Waals surface area contributed by atoms with Crippen LogP contribution in [0.1, 0.15) is 39.8 Å². The third kappa shape index (κ3) is 4.10. The van der Waals surface area contributed by atoms with Crippen molar-refractivity contribution in [2.24, 2.45) is 5.92 Å². The van der Waals surface area contributed by atoms with E-state index in [4.69, 9.17) is 0 Å². The molecule has 3 nitrogen and oxygen atoms in total. The van der Waals surface area contributed by atoms with Gasteiger partial charge in [-0.3, -0.25) is 4.79 Å². The predicted octanol–water partition coefficient (Wildman–Crippen LogP) is 4.26. The second-order valence-electron chi connectivity index (χ2n) is 6.67. The number of amides is 1. The van der Waals surface area contributed by atoms with Crippen LogP contribution in [0.3, 0.4) is 0 Å². The molecule has 0 unspecified atom stereocenters. The lowest BCUT2D eigenvalue weighted by Crippen LogP contribution is -2.35. The molecule has 1 aliphatic rings. The summed E-state index contributed by atoms with van der Waals surface area (Å²) in [6, 6.07) is 9.06. The maximum atomic E-state index is 12.7. The molecule has 3 rings (SSSR count). The minimum Gasteiger partial charge on any atom is -0.348 e. The number of benzene rings is 1. The number of carbonyl (C=O) groups excluding carboxylic acids is 1. The van der Waals surface area contributed by atoms with Crippen LogP contribution in [0.4, 0.5) is 13.2 Å². The van der Waals surface area contributed by atoms with E-state index < -0.39 is 11.7 Å². The van der Waals surface area contributed by atoms with E-state index in [0.717, 1.165) is 22.6 Å². The van der Waals surface area contributed by atoms with Crippen molar-refractivity contribution in [2.75, 3.05) is 13.1 Å². The van der Waals surface area contributed by atoms with Crippen molar-refractivity contribution in [1.82, 2.24) is 10.6 Å². The number of hydrogen-bond acceptors (Lipinski definition) is 3. The summed E-state index contributed by atoms with van der Waals surface area (Å²) in [6.45, 7) is 5.06. The summed E-state index contributed by atoms with van der Waals surface area (Å²) >= 11 is 1.64. The van der Waals surface area contributed by atoms with Crippen LogP contribution >= 0.6 is 11.3 Å². The van der Waals surface area contributed by atoms with Crippen LogP contribution in [0.5, 0.6) is 0 Å². The summed E-state index contributed by atoms with van der Waals surface area (Å²) in [4.78, 5) is 15.0. The van der Waals surface area contributed by atoms with Crippen LogP contribution in [0.2, 0.25) is 0 Å². The summed E-state index contributed by atoms with van der Waals surface area (Å²) < 4.78 is 38.2. The molecule has 0 spiro atoms. The first-order valence-corrected chi connectivity index (χ1v) is 9.32. The zero-order valence-corrected chi connectivity index (χ0v) is 15.4. The fourth-order valence-electron chi connectivity index (χ4n) is 3.30. The van der Waals surface area contributed by atoms with E-state index in [0.29, 0.717) is 13.1 Å². The highest BCUT2D eigenvalue weighted by Gasteiger charge is 2.35. The summed E-state index contributed by atoms with van der Waals surface area (Å²) in [6.07, 6.45) is -4.35. The molecule has 1 saturated heterocycles. The molecule has 1 amide bonds. The van der Waals surface area contributed by atoms with Gasteiger partial charge in [-0.05, 0) is 43.7 Å². The van der Waals surface area contributed by atoms with Gasteiger partial charge in [-0.15, -0.1) is 11.3 Å². The number of aryl methyl sites for hydroxylation is 1. The van der Waals surface area contributed by atoms with Crippen molar-refractivity contribution >= 4 is 17.2 Å². The van der Waals surface area contributed by atoms with Gasteiger partial charge in [0.1, 0.15) is 0 Å². The van der Waals surface area contributed by atoms with Gasteiger partial charge in [0.05, 0.1) is 17.5 Å². The summed E-state index contributed by atoms with van der Waals surface area (Å²) in [5, 5.41) is 6.22. The molecule has 0 saturated carbocycles. The lowest BCUT2D eigenvalue weighted by Gasteiger charge is -2.21. The molecule has 2 heterocycles. The Kier molecular flexibility index (Phi) is 5.39. The zero-order valence-electron chi connectivity index (χ0n) is 14.6. The number of carbonyl (C=O) groups is 1. The molecule has 140 valence electrons. The first kappa shape index (κ1) is 18.9. The Morgan fingerprint density at radius 3 is 2.46 bits per heavy atom. The summed E-state index contributed by atoms with van der Waals surface area (Å²) in [5.74, 6) is -0.497. The number of thiophene rings is 1. The van der Waals surface area contributed by atoms with Crippen LogP contribution in [-0.2, 0) is 11.0 Å². The van der Waals surface area contributed by atoms with Gasteiger partial charge in [0.15, 0.2) is 0 Å². The van der Waals surface area contributed by atoms with Crippen molar-refractivity contribution in [3.63, 3.8) is 0 Å². The van der Waals surface area contributed by atoms with E-state index in [2.05, 4.69) is 10.6 Å². The van der Waals surface area contributed by atoms with E-state index in [1.165, 1.54) is 17.0 Å². The standard InChI is InChI=1S/C19H21F3N2OS/c1-11-3-8-17(26-11)12(2)24-18(25)16-10-23-9-15(16)13-4-6-14(7-5-13)19(20,21)22/h3-8,12,15-16,23H,9-10H2,1-2H3,(H,24,25)/t12-,15-,16+/m0/s1. The van der Waals surface area contributed by atoms with Crippen LogP contribution in [0, 0.1) is 12.8 Å². The van der Waals surface area contributed by atoms with Crippen LogP contribution < -0.4 is 10.6 Å². The quantitative estimate of drug-likeness (QED) is 0.830. The Bertz CT molecular complexity index is 770. The van der Waals surface area contributed by atoms with Crippen molar-refractivity contribution in [2.45, 2.75) is 32.0 Å². The van der Waals surface area contributed by atoms with Gasteiger partial charge in [0.25, 0.3) is 0 Å². The van der Waals surface area contributed by atoms with Gasteiger partial charge < -0.3 is 10.6 Å². The first-order valence-electron chi connectivity index (χ1n) is 8.50. The summed E-state index contributed by atoms with van der Waals surface area (Å²) in [7, 11) is 0. The number of alkyl halides is 3. The molecule has 7 heteroatoms. The molecule has 1 aromatic heterocycles. The maximum absolute atomic E-state index is 12.7. The molecule has 1 fully saturated rings. The molecule has 1 aliphatic heterocycles. The maximum Gasteiger partial charge on any atom is 0.416 e. The van der Waals surface area contributed by atoms with Gasteiger partial charge in [-0.25, -0.2) is 0 Å². The number of hydrogen-bond donors (Lipinski definition) is 2. The molecule has 1 aromatic carbocycles. The van der Waals surface area contributed by atoms with E-state index in [9.17, 15) is 18.0 Å². The highest BCUT2D eigenvalue weighted by atomic mass is 32.1. The smallest absolute Gasteiger partial charge is 0.348 e. The first-order chi connectivity index (χ1) is 12.3. The fourth-order valence-corrected chi connectivity index (χ4v) is 4.18. The monoisotopic (exact) mass is 382 g/mol. The molecule has 26 heavy (non-hydrogen) atoms. The lowest BCUT2D eigenvalue weighted by atomic mass is 9.87. The van der Waals surface area contributed by atoms with Crippen molar-refractivity contribution < 1.29 is 18.0 Å². The molecule has 3 atom stereocenters. The van der Waals surface area contributed by atoms with E-state index in [1.807, 2.05) is 26.0 Å². The van der Waals surface area contributed by atoms with Crippen LogP contribution in [0.25, 0.3) is 0 Å². The number of nitrogens with one attached hydrogen (secondary N) is 2. The van der Waals surface area contributed by atoms with Crippen molar-refractivity contribution in [1.29, 1.82) is 0 Å². The Morgan fingerprint density at radius 2 is 1.88 bits per heavy atom. The second kappa shape index (κ2) is 7.40. The highest BCUT2D eigenvalue weighted by molar-refractivity contribution is 7.12. The predicted molar refractivity (Wildman–Crippen MR) is 96.2 cm³/mol. The normalized spacial score (nSPS) is 21.6. The van der Waals surface area contributed by atoms with Crippen LogP contribution in [-0.4, -0.2) is 19.0 Å². The van der Waals surface area contributed by atoms with E-state index in [1.54, 1.807) is 11.3 Å². The highest BCUT2D eigenvalue weighted by Crippen LogP contribution is 2.33. The Hall–Kier alpha value is -1.86. The van der Waals surface area contributed by atoms with Crippen LogP contribution in [0.15, 0.2) is 36.4 Å². The largest absolute Gasteiger partial charge is 0.416 e. The zero-order chi connectivity index (χ0) is 18.9. The van der Waals surface area contributed by atoms with Gasteiger partial charge in [0, 0.05) is 28.8 Å². The average molecular weight is 382 g/mol. The van der Waals surface area contributed by atoms with Gasteiger partial charge in [-0.1, -0.05) is 12.1 Å². The molecular weight excluding hydrogens is 361 g/mol. The molecule has 2 aromatic rings. The van der Waals surface area contributed by atoms with Gasteiger partial charge in [-0.2, -0.15) is 13.2 Å². The minimum absolute atomic E-state index is 0.0709. The van der Waals surface area contributed by atoms with E-state index >= 15 is 0 Å². The van der Waals surface area contributed by atoms with Gasteiger partial charge in [0.2, 0.25) is 5.91 Å². The number of rotatable bonds is 4. The van der Waals surface area contributed by atoms with Crippen molar-refractivity contribution in [3.05, 3.63) is 57.3 Å². The Balaban J connectivity index is 1.70. The third-order valence-electron chi connectivity index (χ3n) is 4.76. The minimum atomic E-state index is -4.35. The Morgan fingerprint density at radius 1 is 1.19 bits per heavy atom. The van der Waals surface area contributed by atoms with Gasteiger partial charge >= 0.3 is 6.18 Å². The molecule has 2 N–H and O–H groups in total. The third-order valence-corrected chi connectivity index (χ3v) is 5.95. The topological polar surface area (TPSA) is 41.1 Å². The van der Waals surface area contributed by atoms with Crippen molar-refractivity contribution in [3.8, 4) is 0 Å². The second-order valence-corrected chi connectivity index (χ2v) is 7.99. The van der Waals surface area contributed by atoms with E-state index in [-0.39, 0.29) is 23.8 Å². The SMILES string of the molecule is Cc1ccc([C@H](C)NC(=O)[C@@H]2CNC[C@H]2c2ccc(C(F)(F)F)cc2)s1. The lowest BCUT2D eigenvalue weighted by molar-refractivity contribution is -0.137. The molecule has 0 bridgehead atoms. The average Bonchev–Trinajstić information content (AvgIpc) is 3.23. The molecular formula is C19H21F3N2OS. The fraction of sp³-hybridized carbons (Fsp3) is 0.421. The molecule has 0 aliphatic carbocycles. The summed E-state index contributed by atoms with van der Waals surface area (Å²) in [5.41, 5.74) is 0.0812. The number of halogens is 3. The molecule has 0 radical (unpaired) electrons.